The Morgan fingerprint density at radius 1 is 1.47 bits per heavy atom. The summed E-state index contributed by atoms with van der Waals surface area (Å²) < 4.78 is 6.19. The van der Waals surface area contributed by atoms with Crippen molar-refractivity contribution in [1.82, 2.24) is 0 Å². The number of phenols is 1. The van der Waals surface area contributed by atoms with Gasteiger partial charge in [-0.1, -0.05) is 12.2 Å². The molecule has 2 aliphatic rings. The van der Waals surface area contributed by atoms with Crippen LogP contribution in [0.1, 0.15) is 50.2 Å². The van der Waals surface area contributed by atoms with Crippen LogP contribution >= 0.6 is 0 Å². The standard InChI is InChI=1S/C17H22O2/c1-10(2)12-5-6-17(4)9-13(12)16-14(18)7-11(3)8-15(16)19-17/h7-8,12-13,18H,1,5-6,9H2,2-4H3/t12-,13+,17+/m0/s1. The van der Waals surface area contributed by atoms with Crippen molar-refractivity contribution in [3.05, 3.63) is 35.4 Å². The van der Waals surface area contributed by atoms with E-state index in [0.717, 1.165) is 36.1 Å². The number of allylic oxidation sites excluding steroid dienone is 1. The molecule has 1 aromatic rings. The van der Waals surface area contributed by atoms with Crippen LogP contribution in [0.15, 0.2) is 24.3 Å². The number of hydrogen-bond donors (Lipinski definition) is 1. The number of aryl methyl sites for hydroxylation is 1. The van der Waals surface area contributed by atoms with Crippen molar-refractivity contribution < 1.29 is 9.84 Å². The lowest BCUT2D eigenvalue weighted by Crippen LogP contribution is -2.44. The van der Waals surface area contributed by atoms with Crippen LogP contribution < -0.4 is 4.74 Å². The summed E-state index contributed by atoms with van der Waals surface area (Å²) in [6, 6.07) is 3.90. The zero-order chi connectivity index (χ0) is 13.8. The van der Waals surface area contributed by atoms with E-state index in [1.165, 1.54) is 5.57 Å². The van der Waals surface area contributed by atoms with E-state index in [1.807, 2.05) is 13.0 Å². The summed E-state index contributed by atoms with van der Waals surface area (Å²) in [6.45, 7) is 10.4. The van der Waals surface area contributed by atoms with Crippen LogP contribution in [0, 0.1) is 12.8 Å². The summed E-state index contributed by atoms with van der Waals surface area (Å²) in [5.41, 5.74) is 3.19. The quantitative estimate of drug-likeness (QED) is 0.760. The van der Waals surface area contributed by atoms with Gasteiger partial charge in [-0.25, -0.2) is 0 Å². The molecule has 1 saturated carbocycles. The smallest absolute Gasteiger partial charge is 0.127 e. The first-order valence-electron chi connectivity index (χ1n) is 7.07. The van der Waals surface area contributed by atoms with E-state index < -0.39 is 0 Å². The Morgan fingerprint density at radius 3 is 2.89 bits per heavy atom. The maximum absolute atomic E-state index is 10.3. The Balaban J connectivity index is 2.15. The molecule has 2 bridgehead atoms. The largest absolute Gasteiger partial charge is 0.508 e. The normalized spacial score (nSPS) is 32.4. The summed E-state index contributed by atoms with van der Waals surface area (Å²) in [5.74, 6) is 2.07. The van der Waals surface area contributed by atoms with Gasteiger partial charge < -0.3 is 9.84 Å². The Kier molecular flexibility index (Phi) is 2.67. The summed E-state index contributed by atoms with van der Waals surface area (Å²) in [5, 5.41) is 10.3. The minimum Gasteiger partial charge on any atom is -0.508 e. The van der Waals surface area contributed by atoms with Crippen LogP contribution in [0.2, 0.25) is 0 Å². The third-order valence-corrected chi connectivity index (χ3v) is 4.75. The van der Waals surface area contributed by atoms with Gasteiger partial charge in [-0.05, 0) is 63.6 Å². The number of hydrogen-bond acceptors (Lipinski definition) is 2. The average Bonchev–Trinajstić information content (AvgIpc) is 2.25. The van der Waals surface area contributed by atoms with Crippen molar-refractivity contribution in [2.75, 3.05) is 0 Å². The van der Waals surface area contributed by atoms with Gasteiger partial charge >= 0.3 is 0 Å². The van der Waals surface area contributed by atoms with Gasteiger partial charge in [-0.3, -0.25) is 0 Å². The molecular weight excluding hydrogens is 236 g/mol. The highest BCUT2D eigenvalue weighted by Gasteiger charge is 2.46. The van der Waals surface area contributed by atoms with Gasteiger partial charge in [0.1, 0.15) is 17.1 Å². The van der Waals surface area contributed by atoms with E-state index in [-0.39, 0.29) is 5.60 Å². The minimum absolute atomic E-state index is 0.0795. The van der Waals surface area contributed by atoms with Gasteiger partial charge in [-0.15, -0.1) is 0 Å². The van der Waals surface area contributed by atoms with Crippen molar-refractivity contribution in [3.63, 3.8) is 0 Å². The molecule has 0 amide bonds. The molecule has 0 spiro atoms. The zero-order valence-electron chi connectivity index (χ0n) is 12.0. The number of phenolic OH excluding ortho intramolecular Hbond substituents is 1. The molecule has 1 aromatic carbocycles. The molecule has 1 aliphatic carbocycles. The minimum atomic E-state index is -0.0795. The van der Waals surface area contributed by atoms with Crippen LogP contribution in [0.4, 0.5) is 0 Å². The molecule has 102 valence electrons. The molecule has 0 unspecified atom stereocenters. The highest BCUT2D eigenvalue weighted by atomic mass is 16.5. The van der Waals surface area contributed by atoms with E-state index in [4.69, 9.17) is 4.74 Å². The highest BCUT2D eigenvalue weighted by molar-refractivity contribution is 5.52. The maximum atomic E-state index is 10.3. The second-order valence-electron chi connectivity index (χ2n) is 6.55. The maximum Gasteiger partial charge on any atom is 0.127 e. The van der Waals surface area contributed by atoms with Crippen LogP contribution in [0.25, 0.3) is 0 Å². The lowest BCUT2D eigenvalue weighted by Gasteiger charge is -2.48. The fourth-order valence-corrected chi connectivity index (χ4v) is 3.83. The molecule has 1 aliphatic heterocycles. The molecule has 19 heavy (non-hydrogen) atoms. The fourth-order valence-electron chi connectivity index (χ4n) is 3.83. The molecule has 2 nitrogen and oxygen atoms in total. The Hall–Kier alpha value is -1.44. The summed E-state index contributed by atoms with van der Waals surface area (Å²) in [6.07, 6.45) is 3.15. The topological polar surface area (TPSA) is 29.5 Å². The molecule has 0 aromatic heterocycles. The zero-order valence-corrected chi connectivity index (χ0v) is 12.0. The van der Waals surface area contributed by atoms with Crippen molar-refractivity contribution in [2.24, 2.45) is 5.92 Å². The van der Waals surface area contributed by atoms with Crippen LogP contribution in [-0.2, 0) is 0 Å². The summed E-state index contributed by atoms with van der Waals surface area (Å²) in [7, 11) is 0. The molecule has 3 rings (SSSR count). The van der Waals surface area contributed by atoms with Gasteiger partial charge in [0.05, 0.1) is 0 Å². The first-order chi connectivity index (χ1) is 8.89. The van der Waals surface area contributed by atoms with Crippen LogP contribution in [-0.4, -0.2) is 10.7 Å². The van der Waals surface area contributed by atoms with Crippen molar-refractivity contribution in [1.29, 1.82) is 0 Å². The molecule has 1 N–H and O–H groups in total. The van der Waals surface area contributed by atoms with Gasteiger partial charge in [0.15, 0.2) is 0 Å². The molecule has 2 heteroatoms. The van der Waals surface area contributed by atoms with Crippen LogP contribution in [0.5, 0.6) is 11.5 Å². The SMILES string of the molecule is C=C(C)[C@@H]1CC[C@]2(C)C[C@H]1c1c(O)cc(C)cc1O2. The molecule has 0 radical (unpaired) electrons. The van der Waals surface area contributed by atoms with E-state index in [1.54, 1.807) is 0 Å². The van der Waals surface area contributed by atoms with Gasteiger partial charge in [0.2, 0.25) is 0 Å². The number of fused-ring (bicyclic) bond motifs is 4. The molecule has 0 saturated heterocycles. The highest BCUT2D eigenvalue weighted by Crippen LogP contribution is 2.55. The van der Waals surface area contributed by atoms with Gasteiger partial charge in [-0.2, -0.15) is 0 Å². The first-order valence-corrected chi connectivity index (χ1v) is 7.07. The first kappa shape index (κ1) is 12.6. The monoisotopic (exact) mass is 258 g/mol. The van der Waals surface area contributed by atoms with Crippen molar-refractivity contribution in [3.8, 4) is 11.5 Å². The predicted molar refractivity (Wildman–Crippen MR) is 76.8 cm³/mol. The van der Waals surface area contributed by atoms with Crippen molar-refractivity contribution >= 4 is 0 Å². The third-order valence-electron chi connectivity index (χ3n) is 4.75. The van der Waals surface area contributed by atoms with E-state index in [0.29, 0.717) is 17.6 Å². The Morgan fingerprint density at radius 2 is 2.21 bits per heavy atom. The van der Waals surface area contributed by atoms with E-state index >= 15 is 0 Å². The number of ether oxygens (including phenoxy) is 1. The van der Waals surface area contributed by atoms with Gasteiger partial charge in [0, 0.05) is 11.5 Å². The molecule has 1 heterocycles. The van der Waals surface area contributed by atoms with Crippen LogP contribution in [0.3, 0.4) is 0 Å². The molecular formula is C17H22O2. The van der Waals surface area contributed by atoms with Crippen molar-refractivity contribution in [2.45, 2.75) is 51.6 Å². The third kappa shape index (κ3) is 1.94. The molecule has 3 atom stereocenters. The number of benzene rings is 1. The predicted octanol–water partition coefficient (Wildman–Crippen LogP) is 4.31. The molecule has 1 fully saturated rings. The Labute approximate surface area is 115 Å². The van der Waals surface area contributed by atoms with Gasteiger partial charge in [0.25, 0.3) is 0 Å². The number of aromatic hydroxyl groups is 1. The lowest BCUT2D eigenvalue weighted by atomic mass is 9.65. The Bertz CT molecular complexity index is 546. The summed E-state index contributed by atoms with van der Waals surface area (Å²) >= 11 is 0. The second-order valence-corrected chi connectivity index (χ2v) is 6.55. The second kappa shape index (κ2) is 4.03. The fraction of sp³-hybridized carbons (Fsp3) is 0.529. The van der Waals surface area contributed by atoms with E-state index in [9.17, 15) is 5.11 Å². The summed E-state index contributed by atoms with van der Waals surface area (Å²) in [4.78, 5) is 0. The lowest BCUT2D eigenvalue weighted by molar-refractivity contribution is 0.00633. The number of rotatable bonds is 1. The van der Waals surface area contributed by atoms with E-state index in [2.05, 4.69) is 26.5 Å². The average molecular weight is 258 g/mol.